The maximum Gasteiger partial charge on any atom is 0.225 e. The van der Waals surface area contributed by atoms with E-state index in [2.05, 4.69) is 10.3 Å². The predicted octanol–water partition coefficient (Wildman–Crippen LogP) is 2.87. The third-order valence-electron chi connectivity index (χ3n) is 3.34. The van der Waals surface area contributed by atoms with Gasteiger partial charge in [-0.15, -0.1) is 11.3 Å². The van der Waals surface area contributed by atoms with E-state index in [1.165, 1.54) is 4.88 Å². The van der Waals surface area contributed by atoms with Crippen molar-refractivity contribution >= 4 is 22.9 Å². The highest BCUT2D eigenvalue weighted by Crippen LogP contribution is 2.15. The summed E-state index contributed by atoms with van der Waals surface area (Å²) in [6, 6.07) is 10.0. The van der Waals surface area contributed by atoms with Crippen LogP contribution < -0.4 is 5.32 Å². The fourth-order valence-corrected chi connectivity index (χ4v) is 3.16. The number of hydrogen-bond donors (Lipinski definition) is 1. The first-order valence-electron chi connectivity index (χ1n) is 6.87. The van der Waals surface area contributed by atoms with Crippen LogP contribution >= 0.6 is 11.3 Å². The number of aromatic nitrogens is 2. The van der Waals surface area contributed by atoms with Gasteiger partial charge in [0.2, 0.25) is 5.91 Å². The Morgan fingerprint density at radius 2 is 2.14 bits per heavy atom. The van der Waals surface area contributed by atoms with Crippen molar-refractivity contribution in [1.82, 2.24) is 14.7 Å². The second kappa shape index (κ2) is 5.69. The highest BCUT2D eigenvalue weighted by molar-refractivity contribution is 7.12. The summed E-state index contributed by atoms with van der Waals surface area (Å²) in [5.41, 5.74) is 2.92. The largest absolute Gasteiger partial charge is 0.350 e. The third-order valence-corrected chi connectivity index (χ3v) is 4.34. The first-order valence-corrected chi connectivity index (χ1v) is 7.69. The molecule has 0 radical (unpaired) electrons. The number of pyridine rings is 1. The van der Waals surface area contributed by atoms with Gasteiger partial charge in [0.15, 0.2) is 0 Å². The van der Waals surface area contributed by atoms with E-state index in [1.807, 2.05) is 54.8 Å². The topological polar surface area (TPSA) is 46.4 Å². The Hall–Kier alpha value is -2.14. The fraction of sp³-hybridized carbons (Fsp3) is 0.250. The number of amides is 1. The van der Waals surface area contributed by atoms with Gasteiger partial charge >= 0.3 is 0 Å². The van der Waals surface area contributed by atoms with Gasteiger partial charge in [0.05, 0.1) is 18.7 Å². The molecule has 0 fully saturated rings. The average molecular weight is 299 g/mol. The molecule has 0 bridgehead atoms. The standard InChI is InChI=1S/C16H17N3OS/c1-11-4-3-5-15-18-13(10-19(11)15)9-17-16(20)8-14-7-6-12(2)21-14/h3-7,10H,8-9H2,1-2H3,(H,17,20). The maximum atomic E-state index is 11.9. The van der Waals surface area contributed by atoms with Crippen molar-refractivity contribution < 1.29 is 4.79 Å². The first-order chi connectivity index (χ1) is 10.1. The molecule has 1 amide bonds. The SMILES string of the molecule is Cc1ccc(CC(=O)NCc2cn3c(C)cccc3n2)s1. The molecule has 0 atom stereocenters. The van der Waals surface area contributed by atoms with E-state index < -0.39 is 0 Å². The minimum atomic E-state index is 0.0330. The molecule has 3 rings (SSSR count). The summed E-state index contributed by atoms with van der Waals surface area (Å²) in [6.07, 6.45) is 2.41. The molecule has 0 aliphatic carbocycles. The number of fused-ring (bicyclic) bond motifs is 1. The van der Waals surface area contributed by atoms with Crippen LogP contribution in [0.3, 0.4) is 0 Å². The van der Waals surface area contributed by atoms with E-state index in [0.29, 0.717) is 13.0 Å². The summed E-state index contributed by atoms with van der Waals surface area (Å²) >= 11 is 1.66. The van der Waals surface area contributed by atoms with Gasteiger partial charge in [-0.2, -0.15) is 0 Å². The molecule has 4 nitrogen and oxygen atoms in total. The van der Waals surface area contributed by atoms with Gasteiger partial charge in [-0.25, -0.2) is 4.98 Å². The quantitative estimate of drug-likeness (QED) is 0.805. The monoisotopic (exact) mass is 299 g/mol. The fourth-order valence-electron chi connectivity index (χ4n) is 2.27. The molecule has 0 saturated carbocycles. The highest BCUT2D eigenvalue weighted by Gasteiger charge is 2.07. The molecular weight excluding hydrogens is 282 g/mol. The molecule has 0 aliphatic heterocycles. The lowest BCUT2D eigenvalue weighted by Crippen LogP contribution is -2.24. The Morgan fingerprint density at radius 3 is 2.86 bits per heavy atom. The molecule has 0 aromatic carbocycles. The number of nitrogens with zero attached hydrogens (tertiary/aromatic N) is 2. The molecule has 21 heavy (non-hydrogen) atoms. The lowest BCUT2D eigenvalue weighted by Gasteiger charge is -2.01. The number of imidazole rings is 1. The molecule has 0 saturated heterocycles. The molecule has 3 aromatic heterocycles. The normalized spacial score (nSPS) is 11.0. The Morgan fingerprint density at radius 1 is 1.29 bits per heavy atom. The zero-order valence-electron chi connectivity index (χ0n) is 12.1. The summed E-state index contributed by atoms with van der Waals surface area (Å²) in [5.74, 6) is 0.0330. The van der Waals surface area contributed by atoms with E-state index in [0.717, 1.165) is 21.9 Å². The van der Waals surface area contributed by atoms with Crippen LogP contribution in [-0.4, -0.2) is 15.3 Å². The number of carbonyl (C=O) groups excluding carboxylic acids is 1. The molecule has 3 heterocycles. The Balaban J connectivity index is 1.63. The minimum Gasteiger partial charge on any atom is -0.350 e. The van der Waals surface area contributed by atoms with Crippen molar-refractivity contribution in [1.29, 1.82) is 0 Å². The van der Waals surface area contributed by atoms with Crippen molar-refractivity contribution in [3.05, 3.63) is 57.7 Å². The van der Waals surface area contributed by atoms with Crippen molar-refractivity contribution in [3.63, 3.8) is 0 Å². The van der Waals surface area contributed by atoms with Gasteiger partial charge in [-0.05, 0) is 38.1 Å². The van der Waals surface area contributed by atoms with Crippen LogP contribution in [0.25, 0.3) is 5.65 Å². The van der Waals surface area contributed by atoms with Gasteiger partial charge < -0.3 is 9.72 Å². The summed E-state index contributed by atoms with van der Waals surface area (Å²) in [5, 5.41) is 2.93. The zero-order valence-corrected chi connectivity index (χ0v) is 12.9. The van der Waals surface area contributed by atoms with Gasteiger partial charge in [-0.1, -0.05) is 6.07 Å². The van der Waals surface area contributed by atoms with Crippen LogP contribution in [0.1, 0.15) is 21.1 Å². The van der Waals surface area contributed by atoms with Crippen LogP contribution in [0, 0.1) is 13.8 Å². The van der Waals surface area contributed by atoms with E-state index in [1.54, 1.807) is 11.3 Å². The summed E-state index contributed by atoms with van der Waals surface area (Å²) in [6.45, 7) is 4.55. The van der Waals surface area contributed by atoms with E-state index >= 15 is 0 Å². The van der Waals surface area contributed by atoms with Crippen LogP contribution in [0.5, 0.6) is 0 Å². The summed E-state index contributed by atoms with van der Waals surface area (Å²) < 4.78 is 2.03. The van der Waals surface area contributed by atoms with Gasteiger partial charge in [0.1, 0.15) is 5.65 Å². The van der Waals surface area contributed by atoms with Crippen molar-refractivity contribution in [2.45, 2.75) is 26.8 Å². The van der Waals surface area contributed by atoms with E-state index in [-0.39, 0.29) is 5.91 Å². The molecule has 1 N–H and O–H groups in total. The first kappa shape index (κ1) is 13.8. The van der Waals surface area contributed by atoms with Crippen LogP contribution in [-0.2, 0) is 17.8 Å². The predicted molar refractivity (Wildman–Crippen MR) is 84.5 cm³/mol. The maximum absolute atomic E-state index is 11.9. The molecule has 0 aliphatic rings. The second-order valence-electron chi connectivity index (χ2n) is 5.09. The third kappa shape index (κ3) is 3.13. The molecule has 0 unspecified atom stereocenters. The molecular formula is C16H17N3OS. The molecule has 3 aromatic rings. The lowest BCUT2D eigenvalue weighted by molar-refractivity contribution is -0.120. The number of nitrogens with one attached hydrogen (secondary N) is 1. The van der Waals surface area contributed by atoms with Crippen molar-refractivity contribution in [2.75, 3.05) is 0 Å². The van der Waals surface area contributed by atoms with Gasteiger partial charge in [0, 0.05) is 21.6 Å². The zero-order chi connectivity index (χ0) is 14.8. The number of thiophene rings is 1. The number of rotatable bonds is 4. The summed E-state index contributed by atoms with van der Waals surface area (Å²) in [7, 11) is 0. The van der Waals surface area contributed by atoms with E-state index in [4.69, 9.17) is 0 Å². The van der Waals surface area contributed by atoms with Crippen molar-refractivity contribution in [3.8, 4) is 0 Å². The van der Waals surface area contributed by atoms with Gasteiger partial charge in [0.25, 0.3) is 0 Å². The molecule has 0 spiro atoms. The van der Waals surface area contributed by atoms with E-state index in [9.17, 15) is 4.79 Å². The molecule has 5 heteroatoms. The lowest BCUT2D eigenvalue weighted by atomic mass is 10.3. The van der Waals surface area contributed by atoms with Crippen molar-refractivity contribution in [2.24, 2.45) is 0 Å². The summed E-state index contributed by atoms with van der Waals surface area (Å²) in [4.78, 5) is 18.8. The number of aryl methyl sites for hydroxylation is 2. The Kier molecular flexibility index (Phi) is 3.75. The minimum absolute atomic E-state index is 0.0330. The Labute approximate surface area is 127 Å². The van der Waals surface area contributed by atoms with Crippen LogP contribution in [0.15, 0.2) is 36.5 Å². The molecule has 108 valence electrons. The smallest absolute Gasteiger partial charge is 0.225 e. The number of carbonyl (C=O) groups is 1. The van der Waals surface area contributed by atoms with Crippen LogP contribution in [0.4, 0.5) is 0 Å². The average Bonchev–Trinajstić information content (AvgIpc) is 3.03. The Bertz CT molecular complexity index is 788. The van der Waals surface area contributed by atoms with Gasteiger partial charge in [-0.3, -0.25) is 4.79 Å². The van der Waals surface area contributed by atoms with Crippen LogP contribution in [0.2, 0.25) is 0 Å². The highest BCUT2D eigenvalue weighted by atomic mass is 32.1. The number of hydrogen-bond acceptors (Lipinski definition) is 3. The second-order valence-corrected chi connectivity index (χ2v) is 6.47.